The van der Waals surface area contributed by atoms with Crippen LogP contribution >= 0.6 is 7.82 Å². The highest BCUT2D eigenvalue weighted by atomic mass is 31.2. The molecule has 0 rings (SSSR count). The van der Waals surface area contributed by atoms with Gasteiger partial charge in [0.25, 0.3) is 0 Å². The van der Waals surface area contributed by atoms with Gasteiger partial charge >= 0.3 is 19.8 Å². The van der Waals surface area contributed by atoms with Crippen LogP contribution in [0.4, 0.5) is 0 Å². The second-order valence-electron chi connectivity index (χ2n) is 13.0. The van der Waals surface area contributed by atoms with Gasteiger partial charge in [-0.2, -0.15) is 0 Å². The standard InChI is InChI=1S/C41H72NO9P/c1-3-5-7-8-9-10-11-12-15-18-21-24-28-32-40(44)48-36-39(37-50-52(46,47)49-35-34-42)51-41(45)33-29-25-22-19-16-13-14-17-20-23-27-31-38(43)30-26-6-4-2/h10-11,13-14,19-20,22-23,27,31,38-39,43H,3-9,12,15-18,21,24-26,28-30,32-37,42H2,1-2H3,(H,46,47)/b11-10-,14-13-,22-19-,23-20-,31-27+. The molecule has 3 unspecified atom stereocenters. The Kier molecular flexibility index (Phi) is 35.3. The molecular weight excluding hydrogens is 681 g/mol. The lowest BCUT2D eigenvalue weighted by atomic mass is 10.1. The number of nitrogens with two attached hydrogens (primary N) is 1. The van der Waals surface area contributed by atoms with Crippen molar-refractivity contribution in [3.8, 4) is 0 Å². The van der Waals surface area contributed by atoms with Gasteiger partial charge in [-0.3, -0.25) is 18.6 Å². The highest BCUT2D eigenvalue weighted by Gasteiger charge is 2.25. The molecule has 0 fully saturated rings. The number of ether oxygens (including phenoxy) is 2. The molecule has 4 N–H and O–H groups in total. The molecule has 0 aliphatic rings. The van der Waals surface area contributed by atoms with Gasteiger partial charge in [0.2, 0.25) is 0 Å². The van der Waals surface area contributed by atoms with Gasteiger partial charge in [0, 0.05) is 19.4 Å². The van der Waals surface area contributed by atoms with Crippen molar-refractivity contribution in [1.82, 2.24) is 0 Å². The SMILES string of the molecule is CCCCCC/C=C\CCCCCCCC(=O)OCC(COP(=O)(O)OCCN)OC(=O)CCC/C=C\C/C=C\C/C=C\C=C\C(O)CCCCC. The van der Waals surface area contributed by atoms with Crippen LogP contribution in [0.25, 0.3) is 0 Å². The molecule has 52 heavy (non-hydrogen) atoms. The minimum Gasteiger partial charge on any atom is -0.462 e. The van der Waals surface area contributed by atoms with Crippen molar-refractivity contribution in [2.24, 2.45) is 5.73 Å². The van der Waals surface area contributed by atoms with E-state index in [-0.39, 0.29) is 38.7 Å². The molecule has 0 heterocycles. The molecule has 3 atom stereocenters. The zero-order chi connectivity index (χ0) is 38.4. The average molecular weight is 754 g/mol. The predicted octanol–water partition coefficient (Wildman–Crippen LogP) is 9.91. The summed E-state index contributed by atoms with van der Waals surface area (Å²) < 4.78 is 32.6. The van der Waals surface area contributed by atoms with Gasteiger partial charge in [-0.1, -0.05) is 132 Å². The second-order valence-corrected chi connectivity index (χ2v) is 14.4. The summed E-state index contributed by atoms with van der Waals surface area (Å²) >= 11 is 0. The maximum absolute atomic E-state index is 12.5. The topological polar surface area (TPSA) is 155 Å². The first-order valence-corrected chi connectivity index (χ1v) is 21.4. The van der Waals surface area contributed by atoms with Gasteiger partial charge in [0.1, 0.15) is 6.61 Å². The third kappa shape index (κ3) is 36.0. The molecule has 0 saturated heterocycles. The van der Waals surface area contributed by atoms with Crippen molar-refractivity contribution < 1.29 is 42.7 Å². The number of phosphoric acid groups is 1. The summed E-state index contributed by atoms with van der Waals surface area (Å²) in [4.78, 5) is 34.7. The molecule has 0 aliphatic heterocycles. The van der Waals surface area contributed by atoms with E-state index in [2.05, 4.69) is 38.2 Å². The summed E-state index contributed by atoms with van der Waals surface area (Å²) in [5, 5.41) is 9.88. The molecule has 0 aliphatic carbocycles. The van der Waals surface area contributed by atoms with Crippen LogP contribution in [-0.4, -0.2) is 60.5 Å². The fraction of sp³-hybridized carbons (Fsp3) is 0.707. The number of unbranched alkanes of at least 4 members (excludes halogenated alkanes) is 12. The van der Waals surface area contributed by atoms with Crippen molar-refractivity contribution in [2.45, 2.75) is 161 Å². The third-order valence-corrected chi connectivity index (χ3v) is 8.96. The minimum atomic E-state index is -4.40. The zero-order valence-corrected chi connectivity index (χ0v) is 33.3. The van der Waals surface area contributed by atoms with E-state index >= 15 is 0 Å². The molecule has 11 heteroatoms. The first-order valence-electron chi connectivity index (χ1n) is 19.9. The van der Waals surface area contributed by atoms with Gasteiger partial charge in [-0.15, -0.1) is 0 Å². The van der Waals surface area contributed by atoms with Crippen molar-refractivity contribution >= 4 is 19.8 Å². The minimum absolute atomic E-state index is 0.0336. The summed E-state index contributed by atoms with van der Waals surface area (Å²) in [5.74, 6) is -0.937. The van der Waals surface area contributed by atoms with Gasteiger partial charge in [0.05, 0.1) is 19.3 Å². The number of aliphatic hydroxyl groups excluding tert-OH is 1. The number of rotatable bonds is 36. The van der Waals surface area contributed by atoms with Crippen molar-refractivity contribution in [3.63, 3.8) is 0 Å². The molecule has 10 nitrogen and oxygen atoms in total. The van der Waals surface area contributed by atoms with Crippen LogP contribution in [0.1, 0.15) is 149 Å². The van der Waals surface area contributed by atoms with E-state index in [4.69, 9.17) is 24.3 Å². The number of carbonyl (C=O) groups excluding carboxylic acids is 2. The summed E-state index contributed by atoms with van der Waals surface area (Å²) in [6, 6.07) is 0. The number of allylic oxidation sites excluding steroid dienone is 9. The lowest BCUT2D eigenvalue weighted by Crippen LogP contribution is -2.29. The first kappa shape index (κ1) is 49.7. The van der Waals surface area contributed by atoms with Crippen molar-refractivity contribution in [3.05, 3.63) is 60.8 Å². The normalized spacial score (nSPS) is 14.6. The Labute approximate surface area is 315 Å². The average Bonchev–Trinajstić information content (AvgIpc) is 3.12. The van der Waals surface area contributed by atoms with Crippen molar-refractivity contribution in [1.29, 1.82) is 0 Å². The van der Waals surface area contributed by atoms with Crippen LogP contribution in [0.3, 0.4) is 0 Å². The van der Waals surface area contributed by atoms with Gasteiger partial charge in [-0.05, 0) is 64.2 Å². The van der Waals surface area contributed by atoms with E-state index in [1.165, 1.54) is 25.7 Å². The van der Waals surface area contributed by atoms with Crippen LogP contribution in [0.5, 0.6) is 0 Å². The Balaban J connectivity index is 4.38. The molecule has 0 spiro atoms. The molecule has 0 bridgehead atoms. The highest BCUT2D eigenvalue weighted by Crippen LogP contribution is 2.43. The number of phosphoric ester groups is 1. The molecule has 300 valence electrons. The number of carbonyl (C=O) groups is 2. The number of hydrogen-bond acceptors (Lipinski definition) is 9. The largest absolute Gasteiger partial charge is 0.472 e. The van der Waals surface area contributed by atoms with Gasteiger partial charge in [0.15, 0.2) is 6.10 Å². The molecule has 0 aromatic heterocycles. The van der Waals surface area contributed by atoms with Crippen LogP contribution in [-0.2, 0) is 32.7 Å². The first-order chi connectivity index (χ1) is 25.2. The lowest BCUT2D eigenvalue weighted by molar-refractivity contribution is -0.161. The molecule has 0 amide bonds. The van der Waals surface area contributed by atoms with E-state index in [1.54, 1.807) is 0 Å². The quantitative estimate of drug-likeness (QED) is 0.0185. The van der Waals surface area contributed by atoms with E-state index < -0.39 is 32.5 Å². The maximum atomic E-state index is 12.5. The van der Waals surface area contributed by atoms with Crippen LogP contribution in [0.2, 0.25) is 0 Å². The third-order valence-electron chi connectivity index (χ3n) is 7.98. The van der Waals surface area contributed by atoms with E-state index in [0.717, 1.165) is 77.0 Å². The number of esters is 2. The second kappa shape index (κ2) is 37.0. The number of hydrogen-bond donors (Lipinski definition) is 3. The van der Waals surface area contributed by atoms with Crippen LogP contribution in [0.15, 0.2) is 60.8 Å². The van der Waals surface area contributed by atoms with E-state index in [0.29, 0.717) is 19.3 Å². The smallest absolute Gasteiger partial charge is 0.462 e. The zero-order valence-electron chi connectivity index (χ0n) is 32.4. The predicted molar refractivity (Wildman–Crippen MR) is 212 cm³/mol. The molecule has 0 aromatic rings. The monoisotopic (exact) mass is 753 g/mol. The molecular formula is C41H72NO9P. The molecule has 0 radical (unpaired) electrons. The lowest BCUT2D eigenvalue weighted by Gasteiger charge is -2.19. The summed E-state index contributed by atoms with van der Waals surface area (Å²) in [6.45, 7) is 3.48. The Morgan fingerprint density at radius 3 is 1.96 bits per heavy atom. The highest BCUT2D eigenvalue weighted by molar-refractivity contribution is 7.47. The summed E-state index contributed by atoms with van der Waals surface area (Å²) in [7, 11) is -4.40. The maximum Gasteiger partial charge on any atom is 0.472 e. The summed E-state index contributed by atoms with van der Waals surface area (Å²) in [6.07, 6.45) is 38.7. The Morgan fingerprint density at radius 2 is 1.25 bits per heavy atom. The van der Waals surface area contributed by atoms with Crippen LogP contribution in [0, 0.1) is 0 Å². The Hall–Kier alpha value is -2.33. The van der Waals surface area contributed by atoms with Gasteiger partial charge in [-0.25, -0.2) is 4.57 Å². The van der Waals surface area contributed by atoms with E-state index in [1.807, 2.05) is 36.5 Å². The van der Waals surface area contributed by atoms with Gasteiger partial charge < -0.3 is 25.2 Å². The fourth-order valence-electron chi connectivity index (χ4n) is 4.97. The van der Waals surface area contributed by atoms with Crippen LogP contribution < -0.4 is 5.73 Å². The van der Waals surface area contributed by atoms with E-state index in [9.17, 15) is 24.2 Å². The fourth-order valence-corrected chi connectivity index (χ4v) is 5.73. The molecule has 0 aromatic carbocycles. The summed E-state index contributed by atoms with van der Waals surface area (Å²) in [5.41, 5.74) is 5.33. The van der Waals surface area contributed by atoms with Crippen molar-refractivity contribution in [2.75, 3.05) is 26.4 Å². The molecule has 0 saturated carbocycles. The Morgan fingerprint density at radius 1 is 0.673 bits per heavy atom. The Bertz CT molecular complexity index is 1060. The number of aliphatic hydroxyl groups is 1.